The van der Waals surface area contributed by atoms with Gasteiger partial charge in [0.25, 0.3) is 0 Å². The van der Waals surface area contributed by atoms with Gasteiger partial charge in [-0.05, 0) is 29.8 Å². The molecule has 18 heavy (non-hydrogen) atoms. The Kier molecular flexibility index (Phi) is 2.78. The van der Waals surface area contributed by atoms with Gasteiger partial charge in [-0.25, -0.2) is 0 Å². The molecule has 2 N–H and O–H groups in total. The Labute approximate surface area is 106 Å². The van der Waals surface area contributed by atoms with Gasteiger partial charge in [0, 0.05) is 0 Å². The predicted octanol–water partition coefficient (Wildman–Crippen LogP) is 2.66. The van der Waals surface area contributed by atoms with Crippen LogP contribution in [-0.4, -0.2) is 13.2 Å². The monoisotopic (exact) mass is 241 g/mol. The van der Waals surface area contributed by atoms with Crippen molar-refractivity contribution in [2.75, 3.05) is 13.2 Å². The minimum Gasteiger partial charge on any atom is -0.457 e. The molecule has 1 aliphatic rings. The fourth-order valence-corrected chi connectivity index (χ4v) is 1.97. The van der Waals surface area contributed by atoms with Crippen molar-refractivity contribution < 1.29 is 9.47 Å². The van der Waals surface area contributed by atoms with Crippen LogP contribution in [0.5, 0.6) is 11.5 Å². The van der Waals surface area contributed by atoms with Crippen molar-refractivity contribution in [3.63, 3.8) is 0 Å². The van der Waals surface area contributed by atoms with Crippen LogP contribution in [0.2, 0.25) is 0 Å². The van der Waals surface area contributed by atoms with E-state index in [9.17, 15) is 0 Å². The van der Waals surface area contributed by atoms with Gasteiger partial charge in [0.05, 0.1) is 18.8 Å². The van der Waals surface area contributed by atoms with Gasteiger partial charge in [0.15, 0.2) is 0 Å². The molecule has 0 aromatic heterocycles. The van der Waals surface area contributed by atoms with Gasteiger partial charge in [-0.2, -0.15) is 0 Å². The highest BCUT2D eigenvalue weighted by molar-refractivity contribution is 5.36. The van der Waals surface area contributed by atoms with Crippen molar-refractivity contribution in [3.05, 3.63) is 60.2 Å². The van der Waals surface area contributed by atoms with E-state index in [-0.39, 0.29) is 5.54 Å². The third kappa shape index (κ3) is 2.10. The molecule has 1 saturated heterocycles. The molecule has 0 unspecified atom stereocenters. The fourth-order valence-electron chi connectivity index (χ4n) is 1.97. The molecule has 0 spiro atoms. The average molecular weight is 241 g/mol. The second kappa shape index (κ2) is 4.44. The van der Waals surface area contributed by atoms with Gasteiger partial charge in [-0.1, -0.05) is 30.3 Å². The summed E-state index contributed by atoms with van der Waals surface area (Å²) in [6.45, 7) is 1.18. The van der Waals surface area contributed by atoms with E-state index in [1.807, 2.05) is 54.6 Å². The van der Waals surface area contributed by atoms with Crippen LogP contribution in [-0.2, 0) is 10.3 Å². The first-order chi connectivity index (χ1) is 8.76. The minimum absolute atomic E-state index is 0.314. The molecule has 3 rings (SSSR count). The minimum atomic E-state index is -0.314. The lowest BCUT2D eigenvalue weighted by molar-refractivity contribution is -0.0569. The van der Waals surface area contributed by atoms with E-state index in [1.54, 1.807) is 0 Å². The maximum Gasteiger partial charge on any atom is 0.127 e. The summed E-state index contributed by atoms with van der Waals surface area (Å²) in [6, 6.07) is 17.6. The van der Waals surface area contributed by atoms with E-state index in [0.29, 0.717) is 13.2 Å². The molecular weight excluding hydrogens is 226 g/mol. The standard InChI is InChI=1S/C15H15NO2/c16-15(10-17-11-15)12-6-8-14(9-7-12)18-13-4-2-1-3-5-13/h1-9H,10-11,16H2. The summed E-state index contributed by atoms with van der Waals surface area (Å²) in [6.07, 6.45) is 0. The predicted molar refractivity (Wildman–Crippen MR) is 69.6 cm³/mol. The Morgan fingerprint density at radius 2 is 1.50 bits per heavy atom. The molecule has 0 bridgehead atoms. The first-order valence-electron chi connectivity index (χ1n) is 5.96. The van der Waals surface area contributed by atoms with Gasteiger partial charge < -0.3 is 15.2 Å². The van der Waals surface area contributed by atoms with Gasteiger partial charge in [-0.3, -0.25) is 0 Å². The third-order valence-electron chi connectivity index (χ3n) is 3.13. The van der Waals surface area contributed by atoms with Crippen molar-refractivity contribution in [1.29, 1.82) is 0 Å². The molecule has 92 valence electrons. The lowest BCUT2D eigenvalue weighted by atomic mass is 9.89. The van der Waals surface area contributed by atoms with Crippen molar-refractivity contribution in [2.24, 2.45) is 5.73 Å². The first-order valence-corrected chi connectivity index (χ1v) is 5.96. The second-order valence-electron chi connectivity index (χ2n) is 4.59. The number of ether oxygens (including phenoxy) is 2. The van der Waals surface area contributed by atoms with Crippen LogP contribution in [0.25, 0.3) is 0 Å². The van der Waals surface area contributed by atoms with Gasteiger partial charge >= 0.3 is 0 Å². The summed E-state index contributed by atoms with van der Waals surface area (Å²) in [4.78, 5) is 0. The molecule has 0 amide bonds. The summed E-state index contributed by atoms with van der Waals surface area (Å²) in [5.74, 6) is 1.65. The molecule has 1 heterocycles. The molecule has 0 atom stereocenters. The molecule has 3 heteroatoms. The highest BCUT2D eigenvalue weighted by Gasteiger charge is 2.35. The zero-order valence-corrected chi connectivity index (χ0v) is 10.0. The molecule has 0 saturated carbocycles. The number of para-hydroxylation sites is 1. The van der Waals surface area contributed by atoms with E-state index >= 15 is 0 Å². The Morgan fingerprint density at radius 1 is 0.889 bits per heavy atom. The summed E-state index contributed by atoms with van der Waals surface area (Å²) in [5, 5.41) is 0. The van der Waals surface area contributed by atoms with Gasteiger partial charge in [0.1, 0.15) is 11.5 Å². The summed E-state index contributed by atoms with van der Waals surface area (Å²) in [5.41, 5.74) is 6.94. The maximum atomic E-state index is 6.16. The molecular formula is C15H15NO2. The van der Waals surface area contributed by atoms with Crippen molar-refractivity contribution in [3.8, 4) is 11.5 Å². The summed E-state index contributed by atoms with van der Waals surface area (Å²) >= 11 is 0. The van der Waals surface area contributed by atoms with E-state index in [4.69, 9.17) is 15.2 Å². The number of hydrogen-bond donors (Lipinski definition) is 1. The third-order valence-corrected chi connectivity index (χ3v) is 3.13. The van der Waals surface area contributed by atoms with Gasteiger partial charge in [0.2, 0.25) is 0 Å². The fraction of sp³-hybridized carbons (Fsp3) is 0.200. The molecule has 1 fully saturated rings. The first kappa shape index (κ1) is 11.3. The molecule has 0 aliphatic carbocycles. The number of rotatable bonds is 3. The van der Waals surface area contributed by atoms with Crippen LogP contribution in [0, 0.1) is 0 Å². The second-order valence-corrected chi connectivity index (χ2v) is 4.59. The quantitative estimate of drug-likeness (QED) is 0.898. The Bertz CT molecular complexity index is 518. The highest BCUT2D eigenvalue weighted by atomic mass is 16.5. The zero-order chi connectivity index (χ0) is 12.4. The molecule has 0 radical (unpaired) electrons. The Balaban J connectivity index is 1.75. The van der Waals surface area contributed by atoms with Crippen molar-refractivity contribution in [1.82, 2.24) is 0 Å². The molecule has 2 aromatic rings. The Hall–Kier alpha value is -1.84. The summed E-state index contributed by atoms with van der Waals surface area (Å²) in [7, 11) is 0. The summed E-state index contributed by atoms with van der Waals surface area (Å²) < 4.78 is 10.9. The van der Waals surface area contributed by atoms with Crippen LogP contribution in [0.1, 0.15) is 5.56 Å². The Morgan fingerprint density at radius 3 is 2.06 bits per heavy atom. The molecule has 3 nitrogen and oxygen atoms in total. The van der Waals surface area contributed by atoms with Crippen LogP contribution in [0.15, 0.2) is 54.6 Å². The van der Waals surface area contributed by atoms with E-state index in [0.717, 1.165) is 17.1 Å². The zero-order valence-electron chi connectivity index (χ0n) is 10.0. The topological polar surface area (TPSA) is 44.5 Å². The SMILES string of the molecule is NC1(c2ccc(Oc3ccccc3)cc2)COC1. The number of benzene rings is 2. The van der Waals surface area contributed by atoms with Crippen LogP contribution in [0.4, 0.5) is 0 Å². The number of nitrogens with two attached hydrogens (primary N) is 1. The largest absolute Gasteiger partial charge is 0.457 e. The van der Waals surface area contributed by atoms with Crippen molar-refractivity contribution >= 4 is 0 Å². The normalized spacial score (nSPS) is 16.9. The van der Waals surface area contributed by atoms with E-state index in [2.05, 4.69) is 0 Å². The average Bonchev–Trinajstić information content (AvgIpc) is 2.38. The van der Waals surface area contributed by atoms with Crippen LogP contribution < -0.4 is 10.5 Å². The molecule has 1 aliphatic heterocycles. The lowest BCUT2D eigenvalue weighted by Gasteiger charge is -2.38. The van der Waals surface area contributed by atoms with Crippen LogP contribution in [0.3, 0.4) is 0 Å². The van der Waals surface area contributed by atoms with Gasteiger partial charge in [-0.15, -0.1) is 0 Å². The highest BCUT2D eigenvalue weighted by Crippen LogP contribution is 2.29. The molecule has 2 aromatic carbocycles. The maximum absolute atomic E-state index is 6.16. The lowest BCUT2D eigenvalue weighted by Crippen LogP contribution is -2.54. The van der Waals surface area contributed by atoms with Crippen LogP contribution >= 0.6 is 0 Å². The van der Waals surface area contributed by atoms with Crippen molar-refractivity contribution in [2.45, 2.75) is 5.54 Å². The van der Waals surface area contributed by atoms with E-state index in [1.165, 1.54) is 0 Å². The number of hydrogen-bond acceptors (Lipinski definition) is 3. The smallest absolute Gasteiger partial charge is 0.127 e. The van der Waals surface area contributed by atoms with E-state index < -0.39 is 0 Å².